The van der Waals surface area contributed by atoms with Gasteiger partial charge in [0, 0.05) is 41.5 Å². The number of benzene rings is 2. The van der Waals surface area contributed by atoms with Crippen molar-refractivity contribution in [2.45, 2.75) is 19.4 Å². The molecule has 0 bridgehead atoms. The monoisotopic (exact) mass is 389 g/mol. The molecule has 0 atom stereocenters. The highest BCUT2D eigenvalue weighted by Crippen LogP contribution is 2.23. The largest absolute Gasteiger partial charge is 0.325 e. The molecule has 2 aromatic rings. The molecule has 142 valence electrons. The van der Waals surface area contributed by atoms with Crippen molar-refractivity contribution in [1.82, 2.24) is 4.90 Å². The number of anilines is 2. The van der Waals surface area contributed by atoms with Crippen molar-refractivity contribution in [2.24, 2.45) is 0 Å². The second-order valence-corrected chi connectivity index (χ2v) is 7.02. The number of nitrogens with one attached hydrogen (secondary N) is 1. The lowest BCUT2D eigenvalue weighted by Gasteiger charge is -2.18. The molecular formula is C20H21ClFN3O2. The third kappa shape index (κ3) is 4.84. The van der Waals surface area contributed by atoms with Crippen LogP contribution in [0.1, 0.15) is 18.4 Å². The zero-order chi connectivity index (χ0) is 19.4. The minimum Gasteiger partial charge on any atom is -0.325 e. The van der Waals surface area contributed by atoms with Gasteiger partial charge in [-0.15, -0.1) is 0 Å². The molecule has 3 rings (SSSR count). The number of halogens is 2. The van der Waals surface area contributed by atoms with Crippen LogP contribution in [0, 0.1) is 5.82 Å². The smallest absolute Gasteiger partial charge is 0.238 e. The highest BCUT2D eigenvalue weighted by atomic mass is 35.5. The average Bonchev–Trinajstić information content (AvgIpc) is 3.05. The Morgan fingerprint density at radius 1 is 1.26 bits per heavy atom. The molecule has 1 saturated heterocycles. The summed E-state index contributed by atoms with van der Waals surface area (Å²) in [5.74, 6) is -0.475. The van der Waals surface area contributed by atoms with Crippen molar-refractivity contribution < 1.29 is 14.0 Å². The Balaban J connectivity index is 1.55. The van der Waals surface area contributed by atoms with Crippen LogP contribution in [0.3, 0.4) is 0 Å². The number of hydrogen-bond acceptors (Lipinski definition) is 3. The molecule has 27 heavy (non-hydrogen) atoms. The predicted octanol–water partition coefficient (Wildman–Crippen LogP) is 3.68. The van der Waals surface area contributed by atoms with Gasteiger partial charge < -0.3 is 10.2 Å². The normalized spacial score (nSPS) is 14.1. The van der Waals surface area contributed by atoms with E-state index in [1.54, 1.807) is 41.1 Å². The maximum atomic E-state index is 13.8. The molecule has 1 aliphatic heterocycles. The fourth-order valence-electron chi connectivity index (χ4n) is 3.10. The lowest BCUT2D eigenvalue weighted by atomic mass is 10.2. The minimum atomic E-state index is -0.387. The van der Waals surface area contributed by atoms with Crippen LogP contribution in [0.25, 0.3) is 0 Å². The van der Waals surface area contributed by atoms with Crippen molar-refractivity contribution in [1.29, 1.82) is 0 Å². The molecule has 7 heteroatoms. The van der Waals surface area contributed by atoms with Gasteiger partial charge in [-0.1, -0.05) is 17.7 Å². The van der Waals surface area contributed by atoms with Crippen molar-refractivity contribution in [3.63, 3.8) is 0 Å². The second-order valence-electron chi connectivity index (χ2n) is 6.62. The van der Waals surface area contributed by atoms with Gasteiger partial charge in [-0.3, -0.25) is 14.5 Å². The molecule has 5 nitrogen and oxygen atoms in total. The van der Waals surface area contributed by atoms with Crippen LogP contribution in [0.5, 0.6) is 0 Å². The zero-order valence-electron chi connectivity index (χ0n) is 15.0. The summed E-state index contributed by atoms with van der Waals surface area (Å²) in [7, 11) is 1.73. The molecule has 1 N–H and O–H groups in total. The molecule has 0 spiro atoms. The standard InChI is InChI=1S/C20H21ClFN3O2/c1-24(12-16-17(21)4-2-5-18(16)22)13-19(26)23-14-7-9-15(10-8-14)25-11-3-6-20(25)27/h2,4-5,7-10H,3,6,11-13H2,1H3,(H,23,26). The Morgan fingerprint density at radius 3 is 2.63 bits per heavy atom. The van der Waals surface area contributed by atoms with E-state index in [0.717, 1.165) is 18.7 Å². The SMILES string of the molecule is CN(CC(=O)Nc1ccc(N2CCCC2=O)cc1)Cc1c(F)cccc1Cl. The van der Waals surface area contributed by atoms with Gasteiger partial charge in [0.25, 0.3) is 0 Å². The predicted molar refractivity (Wildman–Crippen MR) is 104 cm³/mol. The topological polar surface area (TPSA) is 52.7 Å². The van der Waals surface area contributed by atoms with Crippen molar-refractivity contribution in [2.75, 3.05) is 30.4 Å². The van der Waals surface area contributed by atoms with Gasteiger partial charge in [0.15, 0.2) is 0 Å². The summed E-state index contributed by atoms with van der Waals surface area (Å²) in [6.45, 7) is 1.06. The van der Waals surface area contributed by atoms with Crippen LogP contribution in [0.2, 0.25) is 5.02 Å². The van der Waals surface area contributed by atoms with Gasteiger partial charge in [0.2, 0.25) is 11.8 Å². The summed E-state index contributed by atoms with van der Waals surface area (Å²) in [6, 6.07) is 11.7. The molecule has 0 aromatic heterocycles. The Bertz CT molecular complexity index is 821. The van der Waals surface area contributed by atoms with E-state index in [-0.39, 0.29) is 30.7 Å². The number of amides is 2. The van der Waals surface area contributed by atoms with Crippen LogP contribution >= 0.6 is 11.6 Å². The fraction of sp³-hybridized carbons (Fsp3) is 0.300. The minimum absolute atomic E-state index is 0.0943. The first kappa shape index (κ1) is 19.3. The van der Waals surface area contributed by atoms with E-state index >= 15 is 0 Å². The van der Waals surface area contributed by atoms with Crippen LogP contribution < -0.4 is 10.2 Å². The van der Waals surface area contributed by atoms with Crippen molar-refractivity contribution >= 4 is 34.8 Å². The molecule has 0 aliphatic carbocycles. The molecule has 1 fully saturated rings. The summed E-state index contributed by atoms with van der Waals surface area (Å²) in [4.78, 5) is 27.4. The van der Waals surface area contributed by atoms with Gasteiger partial charge in [-0.2, -0.15) is 0 Å². The van der Waals surface area contributed by atoms with E-state index in [0.29, 0.717) is 22.7 Å². The van der Waals surface area contributed by atoms with E-state index in [2.05, 4.69) is 5.32 Å². The molecule has 1 aliphatic rings. The van der Waals surface area contributed by atoms with Gasteiger partial charge in [-0.05, 0) is 49.9 Å². The van der Waals surface area contributed by atoms with E-state index in [1.807, 2.05) is 12.1 Å². The van der Waals surface area contributed by atoms with E-state index in [9.17, 15) is 14.0 Å². The lowest BCUT2D eigenvalue weighted by molar-refractivity contribution is -0.117. The molecule has 0 unspecified atom stereocenters. The highest BCUT2D eigenvalue weighted by molar-refractivity contribution is 6.31. The Kier molecular flexibility index (Phi) is 6.08. The van der Waals surface area contributed by atoms with Gasteiger partial charge in [0.1, 0.15) is 5.82 Å². The van der Waals surface area contributed by atoms with E-state index < -0.39 is 0 Å². The molecule has 1 heterocycles. The number of carbonyl (C=O) groups excluding carboxylic acids is 2. The third-order valence-corrected chi connectivity index (χ3v) is 4.79. The fourth-order valence-corrected chi connectivity index (χ4v) is 3.32. The number of likely N-dealkylation sites (N-methyl/N-ethyl adjacent to an activating group) is 1. The highest BCUT2D eigenvalue weighted by Gasteiger charge is 2.21. The first-order valence-electron chi connectivity index (χ1n) is 8.76. The molecule has 0 saturated carbocycles. The van der Waals surface area contributed by atoms with Crippen LogP contribution in [-0.4, -0.2) is 36.9 Å². The Hall–Kier alpha value is -2.44. The lowest BCUT2D eigenvalue weighted by Crippen LogP contribution is -2.30. The molecule has 2 amide bonds. The average molecular weight is 390 g/mol. The first-order chi connectivity index (χ1) is 12.9. The van der Waals surface area contributed by atoms with Gasteiger partial charge in [-0.25, -0.2) is 4.39 Å². The number of carbonyl (C=O) groups is 2. The van der Waals surface area contributed by atoms with Crippen LogP contribution in [0.15, 0.2) is 42.5 Å². The van der Waals surface area contributed by atoms with Gasteiger partial charge in [0.05, 0.1) is 6.54 Å². The van der Waals surface area contributed by atoms with Crippen LogP contribution in [0.4, 0.5) is 15.8 Å². The maximum absolute atomic E-state index is 13.8. The summed E-state index contributed by atoms with van der Waals surface area (Å²) in [6.07, 6.45) is 1.45. The molecule has 2 aromatic carbocycles. The summed E-state index contributed by atoms with van der Waals surface area (Å²) >= 11 is 6.02. The Labute approximate surface area is 162 Å². The Morgan fingerprint density at radius 2 is 2.00 bits per heavy atom. The zero-order valence-corrected chi connectivity index (χ0v) is 15.8. The maximum Gasteiger partial charge on any atom is 0.238 e. The third-order valence-electron chi connectivity index (χ3n) is 4.44. The summed E-state index contributed by atoms with van der Waals surface area (Å²) < 4.78 is 13.8. The number of hydrogen-bond donors (Lipinski definition) is 1. The first-order valence-corrected chi connectivity index (χ1v) is 9.13. The summed E-state index contributed by atoms with van der Waals surface area (Å²) in [5.41, 5.74) is 1.85. The van der Waals surface area contributed by atoms with Gasteiger partial charge >= 0.3 is 0 Å². The van der Waals surface area contributed by atoms with E-state index in [4.69, 9.17) is 11.6 Å². The number of nitrogens with zero attached hydrogens (tertiary/aromatic N) is 2. The number of rotatable bonds is 6. The summed E-state index contributed by atoms with van der Waals surface area (Å²) in [5, 5.41) is 3.15. The second kappa shape index (κ2) is 8.50. The van der Waals surface area contributed by atoms with Crippen molar-refractivity contribution in [3.05, 3.63) is 58.9 Å². The molecular weight excluding hydrogens is 369 g/mol. The molecule has 0 radical (unpaired) electrons. The van der Waals surface area contributed by atoms with E-state index in [1.165, 1.54) is 6.07 Å². The quantitative estimate of drug-likeness (QED) is 0.820. The van der Waals surface area contributed by atoms with Crippen molar-refractivity contribution in [3.8, 4) is 0 Å². The van der Waals surface area contributed by atoms with Crippen LogP contribution in [-0.2, 0) is 16.1 Å².